The lowest BCUT2D eigenvalue weighted by Crippen LogP contribution is -2.28. The zero-order chi connectivity index (χ0) is 16.7. The van der Waals surface area contributed by atoms with Gasteiger partial charge in [0.25, 0.3) is 5.91 Å². The monoisotopic (exact) mass is 313 g/mol. The number of hydrogen-bond acceptors (Lipinski definition) is 3. The SMILES string of the molecule is CC[C@H](CNC(=O)c1cc(OC)cc(OC)c1)c1ccccc1. The van der Waals surface area contributed by atoms with Crippen molar-refractivity contribution >= 4 is 5.91 Å². The number of benzene rings is 2. The summed E-state index contributed by atoms with van der Waals surface area (Å²) in [6, 6.07) is 15.4. The number of nitrogens with one attached hydrogen (secondary N) is 1. The molecule has 23 heavy (non-hydrogen) atoms. The quantitative estimate of drug-likeness (QED) is 0.849. The molecule has 1 amide bonds. The van der Waals surface area contributed by atoms with Crippen molar-refractivity contribution < 1.29 is 14.3 Å². The van der Waals surface area contributed by atoms with Gasteiger partial charge < -0.3 is 14.8 Å². The Morgan fingerprint density at radius 3 is 2.17 bits per heavy atom. The molecule has 122 valence electrons. The van der Waals surface area contributed by atoms with Crippen LogP contribution >= 0.6 is 0 Å². The van der Waals surface area contributed by atoms with Gasteiger partial charge in [0, 0.05) is 24.1 Å². The Kier molecular flexibility index (Phi) is 6.03. The second kappa shape index (κ2) is 8.22. The summed E-state index contributed by atoms with van der Waals surface area (Å²) in [6.45, 7) is 2.72. The largest absolute Gasteiger partial charge is 0.497 e. The molecule has 0 aliphatic rings. The van der Waals surface area contributed by atoms with E-state index in [1.54, 1.807) is 32.4 Å². The molecular formula is C19H23NO3. The van der Waals surface area contributed by atoms with E-state index in [1.165, 1.54) is 5.56 Å². The summed E-state index contributed by atoms with van der Waals surface area (Å²) in [6.07, 6.45) is 0.964. The van der Waals surface area contributed by atoms with E-state index in [1.807, 2.05) is 18.2 Å². The van der Waals surface area contributed by atoms with Crippen LogP contribution in [0.25, 0.3) is 0 Å². The van der Waals surface area contributed by atoms with Crippen molar-refractivity contribution in [2.45, 2.75) is 19.3 Å². The van der Waals surface area contributed by atoms with Crippen LogP contribution in [0.3, 0.4) is 0 Å². The second-order valence-electron chi connectivity index (χ2n) is 5.33. The maximum Gasteiger partial charge on any atom is 0.251 e. The van der Waals surface area contributed by atoms with Crippen LogP contribution in [0, 0.1) is 0 Å². The van der Waals surface area contributed by atoms with Gasteiger partial charge in [0.05, 0.1) is 14.2 Å². The van der Waals surface area contributed by atoms with Crippen LogP contribution in [0.1, 0.15) is 35.2 Å². The molecule has 0 radical (unpaired) electrons. The average molecular weight is 313 g/mol. The molecule has 0 saturated heterocycles. The van der Waals surface area contributed by atoms with E-state index in [4.69, 9.17) is 9.47 Å². The molecule has 0 aromatic heterocycles. The van der Waals surface area contributed by atoms with Crippen LogP contribution in [0.5, 0.6) is 11.5 Å². The molecule has 0 saturated carbocycles. The summed E-state index contributed by atoms with van der Waals surface area (Å²) in [7, 11) is 3.14. The first kappa shape index (κ1) is 16.9. The lowest BCUT2D eigenvalue weighted by atomic mass is 9.96. The Morgan fingerprint density at radius 1 is 1.04 bits per heavy atom. The van der Waals surface area contributed by atoms with Gasteiger partial charge in [-0.2, -0.15) is 0 Å². The van der Waals surface area contributed by atoms with Gasteiger partial charge in [-0.15, -0.1) is 0 Å². The molecule has 1 atom stereocenters. The molecule has 0 aliphatic carbocycles. The van der Waals surface area contributed by atoms with Gasteiger partial charge in [0.15, 0.2) is 0 Å². The van der Waals surface area contributed by atoms with Crippen LogP contribution in [0.2, 0.25) is 0 Å². The maximum absolute atomic E-state index is 12.4. The number of amides is 1. The van der Waals surface area contributed by atoms with E-state index in [0.29, 0.717) is 29.5 Å². The zero-order valence-corrected chi connectivity index (χ0v) is 13.8. The van der Waals surface area contributed by atoms with Crippen molar-refractivity contribution in [2.24, 2.45) is 0 Å². The molecule has 0 spiro atoms. The van der Waals surface area contributed by atoms with E-state index in [-0.39, 0.29) is 5.91 Å². The molecular weight excluding hydrogens is 290 g/mol. The summed E-state index contributed by atoms with van der Waals surface area (Å²) < 4.78 is 10.4. The van der Waals surface area contributed by atoms with Crippen molar-refractivity contribution in [3.63, 3.8) is 0 Å². The highest BCUT2D eigenvalue weighted by molar-refractivity contribution is 5.95. The molecule has 2 rings (SSSR count). The first-order chi connectivity index (χ1) is 11.2. The lowest BCUT2D eigenvalue weighted by Gasteiger charge is -2.16. The number of rotatable bonds is 7. The van der Waals surface area contributed by atoms with Gasteiger partial charge in [-0.05, 0) is 24.1 Å². The van der Waals surface area contributed by atoms with Gasteiger partial charge in [0.1, 0.15) is 11.5 Å². The van der Waals surface area contributed by atoms with Crippen molar-refractivity contribution in [3.05, 3.63) is 59.7 Å². The summed E-state index contributed by atoms with van der Waals surface area (Å²) in [4.78, 5) is 12.4. The second-order valence-corrected chi connectivity index (χ2v) is 5.33. The molecule has 0 unspecified atom stereocenters. The van der Waals surface area contributed by atoms with E-state index in [2.05, 4.69) is 24.4 Å². The fourth-order valence-corrected chi connectivity index (χ4v) is 2.48. The Bertz CT molecular complexity index is 618. The third-order valence-electron chi connectivity index (χ3n) is 3.89. The van der Waals surface area contributed by atoms with E-state index >= 15 is 0 Å². The minimum atomic E-state index is -0.128. The molecule has 0 fully saturated rings. The Balaban J connectivity index is 2.07. The van der Waals surface area contributed by atoms with Crippen molar-refractivity contribution in [1.82, 2.24) is 5.32 Å². The summed E-state index contributed by atoms with van der Waals surface area (Å²) in [5, 5.41) is 3.00. The molecule has 0 bridgehead atoms. The molecule has 4 nitrogen and oxygen atoms in total. The van der Waals surface area contributed by atoms with E-state index < -0.39 is 0 Å². The highest BCUT2D eigenvalue weighted by atomic mass is 16.5. The molecule has 2 aromatic rings. The third kappa shape index (κ3) is 4.49. The molecule has 4 heteroatoms. The van der Waals surface area contributed by atoms with Gasteiger partial charge in [-0.1, -0.05) is 37.3 Å². The Hall–Kier alpha value is -2.49. The van der Waals surface area contributed by atoms with Crippen LogP contribution in [0.15, 0.2) is 48.5 Å². The minimum absolute atomic E-state index is 0.128. The van der Waals surface area contributed by atoms with Crippen molar-refractivity contribution in [3.8, 4) is 11.5 Å². The van der Waals surface area contributed by atoms with Crippen LogP contribution in [0.4, 0.5) is 0 Å². The predicted molar refractivity (Wildman–Crippen MR) is 91.4 cm³/mol. The third-order valence-corrected chi connectivity index (χ3v) is 3.89. The van der Waals surface area contributed by atoms with Crippen molar-refractivity contribution in [2.75, 3.05) is 20.8 Å². The predicted octanol–water partition coefficient (Wildman–Crippen LogP) is 3.63. The van der Waals surface area contributed by atoms with Gasteiger partial charge in [0.2, 0.25) is 0 Å². The number of methoxy groups -OCH3 is 2. The summed E-state index contributed by atoms with van der Waals surface area (Å²) in [5.74, 6) is 1.37. The number of carbonyl (C=O) groups is 1. The fourth-order valence-electron chi connectivity index (χ4n) is 2.48. The first-order valence-corrected chi connectivity index (χ1v) is 7.74. The number of carbonyl (C=O) groups excluding carboxylic acids is 1. The molecule has 1 N–H and O–H groups in total. The average Bonchev–Trinajstić information content (AvgIpc) is 2.62. The van der Waals surface area contributed by atoms with E-state index in [9.17, 15) is 4.79 Å². The highest BCUT2D eigenvalue weighted by Crippen LogP contribution is 2.23. The van der Waals surface area contributed by atoms with Gasteiger partial charge >= 0.3 is 0 Å². The van der Waals surface area contributed by atoms with Crippen LogP contribution in [-0.4, -0.2) is 26.7 Å². The fraction of sp³-hybridized carbons (Fsp3) is 0.316. The van der Waals surface area contributed by atoms with Crippen molar-refractivity contribution in [1.29, 1.82) is 0 Å². The zero-order valence-electron chi connectivity index (χ0n) is 13.8. The molecule has 0 heterocycles. The first-order valence-electron chi connectivity index (χ1n) is 7.74. The smallest absolute Gasteiger partial charge is 0.251 e. The van der Waals surface area contributed by atoms with Crippen LogP contribution < -0.4 is 14.8 Å². The van der Waals surface area contributed by atoms with E-state index in [0.717, 1.165) is 6.42 Å². The Morgan fingerprint density at radius 2 is 1.65 bits per heavy atom. The maximum atomic E-state index is 12.4. The Labute approximate surface area is 137 Å². The summed E-state index contributed by atoms with van der Waals surface area (Å²) >= 11 is 0. The lowest BCUT2D eigenvalue weighted by molar-refractivity contribution is 0.0950. The summed E-state index contributed by atoms with van der Waals surface area (Å²) in [5.41, 5.74) is 1.77. The molecule has 2 aromatic carbocycles. The normalized spacial score (nSPS) is 11.6. The topological polar surface area (TPSA) is 47.6 Å². The van der Waals surface area contributed by atoms with Gasteiger partial charge in [-0.3, -0.25) is 4.79 Å². The van der Waals surface area contributed by atoms with Gasteiger partial charge in [-0.25, -0.2) is 0 Å². The van der Waals surface area contributed by atoms with Crippen LogP contribution in [-0.2, 0) is 0 Å². The number of ether oxygens (including phenoxy) is 2. The highest BCUT2D eigenvalue weighted by Gasteiger charge is 2.13. The minimum Gasteiger partial charge on any atom is -0.497 e. The molecule has 0 aliphatic heterocycles. The standard InChI is InChI=1S/C19H23NO3/c1-4-14(15-8-6-5-7-9-15)13-20-19(21)16-10-17(22-2)12-18(11-16)23-3/h5-12,14H,4,13H2,1-3H3,(H,20,21)/t14-/m1/s1. The number of hydrogen-bond donors (Lipinski definition) is 1.